The van der Waals surface area contributed by atoms with Crippen molar-refractivity contribution in [1.29, 1.82) is 0 Å². The van der Waals surface area contributed by atoms with Crippen LogP contribution in [0.1, 0.15) is 33.3 Å². The van der Waals surface area contributed by atoms with E-state index in [1.807, 2.05) is 32.0 Å². The lowest BCUT2D eigenvalue weighted by molar-refractivity contribution is -0.135. The van der Waals surface area contributed by atoms with Crippen molar-refractivity contribution in [2.75, 3.05) is 13.1 Å². The molecular weight excluding hydrogens is 242 g/mol. The maximum absolute atomic E-state index is 12.1. The van der Waals surface area contributed by atoms with Crippen LogP contribution in [0.5, 0.6) is 0 Å². The van der Waals surface area contributed by atoms with E-state index in [-0.39, 0.29) is 5.78 Å². The van der Waals surface area contributed by atoms with Gasteiger partial charge in [0.25, 0.3) is 0 Å². The van der Waals surface area contributed by atoms with Gasteiger partial charge >= 0.3 is 6.09 Å². The Hall–Kier alpha value is -1.84. The van der Waals surface area contributed by atoms with Crippen LogP contribution in [0.25, 0.3) is 0 Å². The largest absolute Gasteiger partial charge is 0.430 e. The monoisotopic (exact) mass is 263 g/mol. The molecule has 4 heteroatoms. The Morgan fingerprint density at radius 3 is 2.11 bits per heavy atom. The molecule has 104 valence electrons. The summed E-state index contributed by atoms with van der Waals surface area (Å²) in [5, 5.41) is 0. The first-order chi connectivity index (χ1) is 8.95. The van der Waals surface area contributed by atoms with Crippen LogP contribution >= 0.6 is 0 Å². The van der Waals surface area contributed by atoms with E-state index in [9.17, 15) is 9.59 Å². The van der Waals surface area contributed by atoms with Crippen molar-refractivity contribution in [3.05, 3.63) is 35.9 Å². The maximum atomic E-state index is 12.1. The van der Waals surface area contributed by atoms with Gasteiger partial charge in [0.1, 0.15) is 0 Å². The quantitative estimate of drug-likeness (QED) is 0.820. The number of benzene rings is 1. The van der Waals surface area contributed by atoms with Crippen LogP contribution in [0, 0.1) is 0 Å². The standard InChI is InChI=1S/C15H21NO3/c1-5-16(6-2)14(18)19-15(4,12(3)17)13-10-8-7-9-11-13/h7-11H,5-6H2,1-4H3. The fourth-order valence-electron chi connectivity index (χ4n) is 1.81. The Morgan fingerprint density at radius 2 is 1.68 bits per heavy atom. The molecule has 4 nitrogen and oxygen atoms in total. The predicted octanol–water partition coefficient (Wildman–Crippen LogP) is 2.97. The van der Waals surface area contributed by atoms with Gasteiger partial charge in [-0.2, -0.15) is 0 Å². The van der Waals surface area contributed by atoms with Gasteiger partial charge < -0.3 is 9.64 Å². The second kappa shape index (κ2) is 6.36. The summed E-state index contributed by atoms with van der Waals surface area (Å²) in [7, 11) is 0. The van der Waals surface area contributed by atoms with Crippen molar-refractivity contribution in [2.45, 2.75) is 33.3 Å². The summed E-state index contributed by atoms with van der Waals surface area (Å²) >= 11 is 0. The number of nitrogens with zero attached hydrogens (tertiary/aromatic N) is 1. The lowest BCUT2D eigenvalue weighted by atomic mass is 9.92. The van der Waals surface area contributed by atoms with Gasteiger partial charge in [-0.15, -0.1) is 0 Å². The number of ketones is 1. The number of Topliss-reactive ketones (excluding diaryl/α,β-unsaturated/α-hetero) is 1. The van der Waals surface area contributed by atoms with Gasteiger partial charge in [-0.05, 0) is 27.7 Å². The molecule has 0 bridgehead atoms. The second-order valence-electron chi connectivity index (χ2n) is 4.50. The van der Waals surface area contributed by atoms with E-state index in [0.29, 0.717) is 18.7 Å². The van der Waals surface area contributed by atoms with Crippen molar-refractivity contribution in [3.63, 3.8) is 0 Å². The van der Waals surface area contributed by atoms with E-state index < -0.39 is 11.7 Å². The number of hydrogen-bond acceptors (Lipinski definition) is 3. The molecule has 1 amide bonds. The summed E-state index contributed by atoms with van der Waals surface area (Å²) in [6.45, 7) is 7.92. The number of carbonyl (C=O) groups excluding carboxylic acids is 2. The minimum atomic E-state index is -1.24. The zero-order chi connectivity index (χ0) is 14.5. The smallest absolute Gasteiger partial charge is 0.411 e. The average molecular weight is 263 g/mol. The first-order valence-electron chi connectivity index (χ1n) is 6.50. The highest BCUT2D eigenvalue weighted by molar-refractivity contribution is 5.88. The highest BCUT2D eigenvalue weighted by Gasteiger charge is 2.37. The van der Waals surface area contributed by atoms with Gasteiger partial charge in [-0.3, -0.25) is 4.79 Å². The summed E-state index contributed by atoms with van der Waals surface area (Å²) in [5.41, 5.74) is -0.552. The molecule has 1 rings (SSSR count). The molecule has 0 radical (unpaired) electrons. The van der Waals surface area contributed by atoms with Crippen molar-refractivity contribution in [1.82, 2.24) is 4.90 Å². The minimum Gasteiger partial charge on any atom is -0.430 e. The summed E-state index contributed by atoms with van der Waals surface area (Å²) in [4.78, 5) is 25.5. The fourth-order valence-corrected chi connectivity index (χ4v) is 1.81. The number of ether oxygens (including phenoxy) is 1. The van der Waals surface area contributed by atoms with E-state index >= 15 is 0 Å². The van der Waals surface area contributed by atoms with E-state index in [1.54, 1.807) is 24.0 Å². The molecule has 0 aromatic heterocycles. The van der Waals surface area contributed by atoms with Crippen LogP contribution in [0.4, 0.5) is 4.79 Å². The highest BCUT2D eigenvalue weighted by Crippen LogP contribution is 2.27. The third-order valence-corrected chi connectivity index (χ3v) is 3.31. The van der Waals surface area contributed by atoms with Crippen LogP contribution in [0.2, 0.25) is 0 Å². The zero-order valence-corrected chi connectivity index (χ0v) is 12.0. The Morgan fingerprint density at radius 1 is 1.16 bits per heavy atom. The van der Waals surface area contributed by atoms with Gasteiger partial charge in [0, 0.05) is 18.7 Å². The van der Waals surface area contributed by atoms with Crippen molar-refractivity contribution < 1.29 is 14.3 Å². The molecule has 1 aromatic rings. The van der Waals surface area contributed by atoms with E-state index in [4.69, 9.17) is 4.74 Å². The van der Waals surface area contributed by atoms with Crippen molar-refractivity contribution in [2.24, 2.45) is 0 Å². The summed E-state index contributed by atoms with van der Waals surface area (Å²) in [5.74, 6) is -0.195. The molecule has 1 atom stereocenters. The van der Waals surface area contributed by atoms with Crippen LogP contribution < -0.4 is 0 Å². The number of carbonyl (C=O) groups is 2. The van der Waals surface area contributed by atoms with Crippen LogP contribution in [0.15, 0.2) is 30.3 Å². The van der Waals surface area contributed by atoms with Crippen LogP contribution in [0.3, 0.4) is 0 Å². The lowest BCUT2D eigenvalue weighted by Crippen LogP contribution is -2.41. The highest BCUT2D eigenvalue weighted by atomic mass is 16.6. The molecule has 1 unspecified atom stereocenters. The summed E-state index contributed by atoms with van der Waals surface area (Å²) < 4.78 is 5.47. The van der Waals surface area contributed by atoms with Gasteiger partial charge in [-0.1, -0.05) is 30.3 Å². The molecule has 0 N–H and O–H groups in total. The van der Waals surface area contributed by atoms with E-state index in [0.717, 1.165) is 0 Å². The molecular formula is C15H21NO3. The van der Waals surface area contributed by atoms with Gasteiger partial charge in [0.05, 0.1) is 0 Å². The molecule has 0 saturated carbocycles. The predicted molar refractivity (Wildman–Crippen MR) is 73.9 cm³/mol. The Kier molecular flexibility index (Phi) is 5.10. The molecule has 0 aliphatic carbocycles. The van der Waals surface area contributed by atoms with Crippen LogP contribution in [-0.2, 0) is 15.1 Å². The normalized spacial score (nSPS) is 13.5. The second-order valence-corrected chi connectivity index (χ2v) is 4.50. The third kappa shape index (κ3) is 3.34. The number of amides is 1. The molecule has 1 aromatic carbocycles. The van der Waals surface area contributed by atoms with E-state index in [2.05, 4.69) is 0 Å². The van der Waals surface area contributed by atoms with Crippen molar-refractivity contribution in [3.8, 4) is 0 Å². The molecule has 0 saturated heterocycles. The SMILES string of the molecule is CCN(CC)C(=O)OC(C)(C(C)=O)c1ccccc1. The number of hydrogen-bond donors (Lipinski definition) is 0. The molecule has 0 fully saturated rings. The lowest BCUT2D eigenvalue weighted by Gasteiger charge is -2.30. The molecule has 19 heavy (non-hydrogen) atoms. The maximum Gasteiger partial charge on any atom is 0.411 e. The summed E-state index contributed by atoms with van der Waals surface area (Å²) in [6.07, 6.45) is -0.466. The third-order valence-electron chi connectivity index (χ3n) is 3.31. The molecule has 0 aliphatic heterocycles. The first-order valence-corrected chi connectivity index (χ1v) is 6.50. The minimum absolute atomic E-state index is 0.195. The summed E-state index contributed by atoms with van der Waals surface area (Å²) in [6, 6.07) is 9.08. The van der Waals surface area contributed by atoms with Gasteiger partial charge in [-0.25, -0.2) is 4.79 Å². The van der Waals surface area contributed by atoms with Crippen LogP contribution in [-0.4, -0.2) is 29.9 Å². The number of rotatable bonds is 5. The fraction of sp³-hybridized carbons (Fsp3) is 0.467. The van der Waals surface area contributed by atoms with Crippen molar-refractivity contribution >= 4 is 11.9 Å². The average Bonchev–Trinajstić information content (AvgIpc) is 2.40. The zero-order valence-electron chi connectivity index (χ0n) is 12.0. The Labute approximate surface area is 114 Å². The Balaban J connectivity index is 3.02. The van der Waals surface area contributed by atoms with E-state index in [1.165, 1.54) is 6.92 Å². The molecule has 0 spiro atoms. The molecule has 0 aliphatic rings. The Bertz CT molecular complexity index is 440. The van der Waals surface area contributed by atoms with Gasteiger partial charge in [0.15, 0.2) is 11.4 Å². The molecule has 0 heterocycles. The topological polar surface area (TPSA) is 46.6 Å². The van der Waals surface area contributed by atoms with Gasteiger partial charge in [0.2, 0.25) is 0 Å². The first kappa shape index (κ1) is 15.2.